The van der Waals surface area contributed by atoms with E-state index < -0.39 is 6.10 Å². The molecule has 0 bridgehead atoms. The summed E-state index contributed by atoms with van der Waals surface area (Å²) in [7, 11) is 1.81. The number of aromatic amines is 1. The summed E-state index contributed by atoms with van der Waals surface area (Å²) < 4.78 is 7.83. The molecule has 3 heterocycles. The Hall–Kier alpha value is -3.04. The van der Waals surface area contributed by atoms with Gasteiger partial charge in [-0.3, -0.25) is 14.5 Å². The number of rotatable bonds is 7. The second-order valence-corrected chi connectivity index (χ2v) is 7.91. The number of aromatic nitrogens is 4. The number of imidazole rings is 1. The number of aryl methyl sites for hydroxylation is 2. The quantitative estimate of drug-likeness (QED) is 0.612. The van der Waals surface area contributed by atoms with Crippen molar-refractivity contribution in [2.75, 3.05) is 33.3 Å². The van der Waals surface area contributed by atoms with Crippen molar-refractivity contribution in [3.05, 3.63) is 58.7 Å². The van der Waals surface area contributed by atoms with E-state index in [0.29, 0.717) is 49.5 Å². The van der Waals surface area contributed by atoms with Gasteiger partial charge in [-0.15, -0.1) is 0 Å². The highest BCUT2D eigenvalue weighted by atomic mass is 16.5. The molecule has 1 atom stereocenters. The lowest BCUT2D eigenvalue weighted by molar-refractivity contribution is -0.148. The van der Waals surface area contributed by atoms with Crippen LogP contribution in [0.25, 0.3) is 10.9 Å². The molecule has 1 aromatic carbocycles. The number of morpholine rings is 1. The number of amides is 1. The smallest absolute Gasteiger partial charge is 0.258 e. The number of carbonyl (C=O) groups is 1. The third kappa shape index (κ3) is 5.00. The predicted molar refractivity (Wildman–Crippen MR) is 117 cm³/mol. The molecule has 0 saturated carbocycles. The number of benzene rings is 1. The maximum atomic E-state index is 12.9. The number of nitrogens with zero attached hydrogens (tertiary/aromatic N) is 5. The van der Waals surface area contributed by atoms with Crippen LogP contribution in [0, 0.1) is 6.92 Å². The average molecular weight is 425 g/mol. The molecule has 4 rings (SSSR count). The van der Waals surface area contributed by atoms with E-state index in [1.54, 1.807) is 17.2 Å². The standard InChI is InChI=1S/C22H28N6O3/c1-16-23-8-11-28(16)10-5-9-26(2)22(30)19-14-27(12-13-31-19)15-20-24-18-7-4-3-6-17(18)21(29)25-20/h3-4,6-8,11,19H,5,9-10,12-15H2,1-2H3,(H,24,25,29). The molecule has 0 spiro atoms. The molecule has 1 aliphatic rings. The second kappa shape index (κ2) is 9.40. The molecule has 2 aromatic heterocycles. The number of para-hydroxylation sites is 1. The van der Waals surface area contributed by atoms with Gasteiger partial charge in [-0.1, -0.05) is 12.1 Å². The Kier molecular flexibility index (Phi) is 6.43. The van der Waals surface area contributed by atoms with Gasteiger partial charge in [0.1, 0.15) is 17.8 Å². The van der Waals surface area contributed by atoms with Crippen LogP contribution < -0.4 is 5.56 Å². The molecule has 0 radical (unpaired) electrons. The lowest BCUT2D eigenvalue weighted by atomic mass is 10.2. The van der Waals surface area contributed by atoms with Crippen molar-refractivity contribution in [1.29, 1.82) is 0 Å². The van der Waals surface area contributed by atoms with E-state index in [1.807, 2.05) is 38.4 Å². The minimum absolute atomic E-state index is 0.0213. The molecule has 9 heteroatoms. The molecule has 164 valence electrons. The monoisotopic (exact) mass is 424 g/mol. The van der Waals surface area contributed by atoms with Crippen molar-refractivity contribution in [3.8, 4) is 0 Å². The summed E-state index contributed by atoms with van der Waals surface area (Å²) in [5.74, 6) is 1.55. The van der Waals surface area contributed by atoms with E-state index >= 15 is 0 Å². The number of hydrogen-bond donors (Lipinski definition) is 1. The van der Waals surface area contributed by atoms with Gasteiger partial charge in [-0.25, -0.2) is 9.97 Å². The maximum absolute atomic E-state index is 12.9. The van der Waals surface area contributed by atoms with Crippen LogP contribution in [0.15, 0.2) is 41.5 Å². The van der Waals surface area contributed by atoms with Crippen LogP contribution in [0.5, 0.6) is 0 Å². The number of carbonyl (C=O) groups excluding carboxylic acids is 1. The van der Waals surface area contributed by atoms with Crippen molar-refractivity contribution < 1.29 is 9.53 Å². The minimum Gasteiger partial charge on any atom is -0.366 e. The van der Waals surface area contributed by atoms with E-state index in [9.17, 15) is 9.59 Å². The van der Waals surface area contributed by atoms with Crippen LogP contribution in [0.3, 0.4) is 0 Å². The molecular weight excluding hydrogens is 396 g/mol. The van der Waals surface area contributed by atoms with Gasteiger partial charge in [-0.2, -0.15) is 0 Å². The van der Waals surface area contributed by atoms with Crippen LogP contribution in [0.1, 0.15) is 18.1 Å². The molecule has 1 N–H and O–H groups in total. The number of nitrogens with one attached hydrogen (secondary N) is 1. The maximum Gasteiger partial charge on any atom is 0.258 e. The first-order valence-corrected chi connectivity index (χ1v) is 10.6. The van der Waals surface area contributed by atoms with E-state index in [2.05, 4.69) is 24.4 Å². The summed E-state index contributed by atoms with van der Waals surface area (Å²) in [4.78, 5) is 40.6. The van der Waals surface area contributed by atoms with Crippen molar-refractivity contribution >= 4 is 16.8 Å². The first-order chi connectivity index (χ1) is 15.0. The van der Waals surface area contributed by atoms with Crippen LogP contribution in [-0.4, -0.2) is 74.6 Å². The fourth-order valence-electron chi connectivity index (χ4n) is 3.89. The fourth-order valence-corrected chi connectivity index (χ4v) is 3.89. The van der Waals surface area contributed by atoms with Crippen molar-refractivity contribution in [2.45, 2.75) is 32.5 Å². The molecule has 1 aliphatic heterocycles. The third-order valence-corrected chi connectivity index (χ3v) is 5.65. The van der Waals surface area contributed by atoms with Crippen molar-refractivity contribution in [3.63, 3.8) is 0 Å². The lowest BCUT2D eigenvalue weighted by Gasteiger charge is -2.33. The van der Waals surface area contributed by atoms with Crippen LogP contribution in [-0.2, 0) is 22.6 Å². The average Bonchev–Trinajstić information content (AvgIpc) is 3.18. The van der Waals surface area contributed by atoms with E-state index in [1.165, 1.54) is 0 Å². The first kappa shape index (κ1) is 21.2. The SMILES string of the molecule is Cc1nccn1CCCN(C)C(=O)C1CN(Cc2nc3ccccc3c(=O)[nH]2)CCO1. The molecule has 0 aliphatic carbocycles. The van der Waals surface area contributed by atoms with Gasteiger partial charge in [0.15, 0.2) is 0 Å². The topological polar surface area (TPSA) is 96.4 Å². The molecule has 9 nitrogen and oxygen atoms in total. The molecule has 31 heavy (non-hydrogen) atoms. The molecular formula is C22H28N6O3. The number of hydrogen-bond acceptors (Lipinski definition) is 6. The largest absolute Gasteiger partial charge is 0.366 e. The summed E-state index contributed by atoms with van der Waals surface area (Å²) in [6.45, 7) is 5.53. The van der Waals surface area contributed by atoms with Crippen molar-refractivity contribution in [1.82, 2.24) is 29.3 Å². The Morgan fingerprint density at radius 1 is 1.35 bits per heavy atom. The Labute approximate surface area is 180 Å². The lowest BCUT2D eigenvalue weighted by Crippen LogP contribution is -2.50. The van der Waals surface area contributed by atoms with E-state index in [0.717, 1.165) is 18.8 Å². The molecule has 1 amide bonds. The third-order valence-electron chi connectivity index (χ3n) is 5.65. The summed E-state index contributed by atoms with van der Waals surface area (Å²) >= 11 is 0. The summed E-state index contributed by atoms with van der Waals surface area (Å²) in [5, 5.41) is 0.578. The summed E-state index contributed by atoms with van der Waals surface area (Å²) in [6.07, 6.45) is 4.07. The Morgan fingerprint density at radius 2 is 2.19 bits per heavy atom. The van der Waals surface area contributed by atoms with Crippen LogP contribution in [0.4, 0.5) is 0 Å². The highest BCUT2D eigenvalue weighted by Crippen LogP contribution is 2.12. The van der Waals surface area contributed by atoms with Gasteiger partial charge < -0.3 is 19.2 Å². The highest BCUT2D eigenvalue weighted by molar-refractivity contribution is 5.81. The van der Waals surface area contributed by atoms with Gasteiger partial charge in [0, 0.05) is 45.6 Å². The normalized spacial score (nSPS) is 17.2. The van der Waals surface area contributed by atoms with E-state index in [4.69, 9.17) is 4.74 Å². The second-order valence-electron chi connectivity index (χ2n) is 7.91. The van der Waals surface area contributed by atoms with Gasteiger partial charge in [0.2, 0.25) is 0 Å². The number of H-pyrrole nitrogens is 1. The number of ether oxygens (including phenoxy) is 1. The Balaban J connectivity index is 1.33. The molecule has 1 unspecified atom stereocenters. The Bertz CT molecular complexity index is 1110. The Morgan fingerprint density at radius 3 is 3.00 bits per heavy atom. The molecule has 1 saturated heterocycles. The van der Waals surface area contributed by atoms with Gasteiger partial charge in [0.05, 0.1) is 24.1 Å². The van der Waals surface area contributed by atoms with E-state index in [-0.39, 0.29) is 11.5 Å². The van der Waals surface area contributed by atoms with Gasteiger partial charge >= 0.3 is 0 Å². The first-order valence-electron chi connectivity index (χ1n) is 10.6. The van der Waals surface area contributed by atoms with Crippen LogP contribution in [0.2, 0.25) is 0 Å². The zero-order valence-corrected chi connectivity index (χ0v) is 18.0. The number of likely N-dealkylation sites (N-methyl/N-ethyl adjacent to an activating group) is 1. The van der Waals surface area contributed by atoms with Gasteiger partial charge in [0.25, 0.3) is 11.5 Å². The zero-order chi connectivity index (χ0) is 21.8. The molecule has 1 fully saturated rings. The summed E-state index contributed by atoms with van der Waals surface area (Å²) in [5.41, 5.74) is 0.532. The number of fused-ring (bicyclic) bond motifs is 1. The minimum atomic E-state index is -0.513. The highest BCUT2D eigenvalue weighted by Gasteiger charge is 2.29. The fraction of sp³-hybridized carbons (Fsp3) is 0.455. The van der Waals surface area contributed by atoms with Crippen LogP contribution >= 0.6 is 0 Å². The van der Waals surface area contributed by atoms with Gasteiger partial charge in [-0.05, 0) is 25.5 Å². The zero-order valence-electron chi connectivity index (χ0n) is 18.0. The summed E-state index contributed by atoms with van der Waals surface area (Å²) in [6, 6.07) is 7.29. The van der Waals surface area contributed by atoms with Crippen molar-refractivity contribution in [2.24, 2.45) is 0 Å². The molecule has 3 aromatic rings. The predicted octanol–water partition coefficient (Wildman–Crippen LogP) is 1.18.